The number of aldehydes is 1. The molecule has 2 aliphatic heterocycles. The Morgan fingerprint density at radius 2 is 2.08 bits per heavy atom. The number of hydrogen-bond donors (Lipinski definition) is 0. The normalized spacial score (nSPS) is 21.8. The highest BCUT2D eigenvalue weighted by atomic mass is 32.1. The van der Waals surface area contributed by atoms with Crippen LogP contribution in [-0.4, -0.2) is 42.6 Å². The minimum atomic E-state index is -0.304. The molecule has 1 aromatic carbocycles. The fourth-order valence-corrected chi connectivity index (χ4v) is 4.30. The van der Waals surface area contributed by atoms with E-state index in [1.54, 1.807) is 4.90 Å². The van der Waals surface area contributed by atoms with Crippen LogP contribution in [0.3, 0.4) is 0 Å². The number of nitrogens with zero attached hydrogens (tertiary/aromatic N) is 1. The van der Waals surface area contributed by atoms with Gasteiger partial charge in [0.25, 0.3) is 0 Å². The van der Waals surface area contributed by atoms with Gasteiger partial charge in [0.05, 0.1) is 30.2 Å². The van der Waals surface area contributed by atoms with Crippen molar-refractivity contribution in [3.8, 4) is 0 Å². The summed E-state index contributed by atoms with van der Waals surface area (Å²) in [5.74, 6) is 0. The van der Waals surface area contributed by atoms with E-state index in [0.29, 0.717) is 24.5 Å². The first-order valence-corrected chi connectivity index (χ1v) is 9.39. The Labute approximate surface area is 155 Å². The Bertz CT molecular complexity index is 829. The van der Waals surface area contributed by atoms with Crippen molar-refractivity contribution in [1.82, 2.24) is 4.90 Å². The monoisotopic (exact) mass is 369 g/mol. The lowest BCUT2D eigenvalue weighted by Crippen LogP contribution is -2.56. The molecule has 1 fully saturated rings. The Morgan fingerprint density at radius 1 is 1.23 bits per heavy atom. The van der Waals surface area contributed by atoms with E-state index in [-0.39, 0.29) is 24.8 Å². The maximum Gasteiger partial charge on any atom is 0.411 e. The van der Waals surface area contributed by atoms with E-state index < -0.39 is 0 Å². The van der Waals surface area contributed by atoms with Crippen LogP contribution in [-0.2, 0) is 16.1 Å². The number of hydrogen-bond acceptors (Lipinski definition) is 5. The molecule has 0 N–H and O–H groups in total. The van der Waals surface area contributed by atoms with Crippen molar-refractivity contribution in [3.63, 3.8) is 0 Å². The summed E-state index contributed by atoms with van der Waals surface area (Å²) in [6, 6.07) is 13.3. The van der Waals surface area contributed by atoms with Crippen LogP contribution >= 0.6 is 11.3 Å². The third-order valence-corrected chi connectivity index (χ3v) is 5.76. The zero-order valence-corrected chi connectivity index (χ0v) is 15.0. The second-order valence-corrected chi connectivity index (χ2v) is 7.54. The minimum absolute atomic E-state index is 0.0428. The lowest BCUT2D eigenvalue weighted by atomic mass is 9.94. The molecule has 0 radical (unpaired) electrons. The van der Waals surface area contributed by atoms with Gasteiger partial charge in [-0.25, -0.2) is 4.79 Å². The van der Waals surface area contributed by atoms with E-state index in [0.717, 1.165) is 16.7 Å². The molecular formula is C20H19NO4S. The average Bonchev–Trinajstić information content (AvgIpc) is 3.15. The van der Waals surface area contributed by atoms with E-state index in [1.807, 2.05) is 42.5 Å². The second kappa shape index (κ2) is 7.43. The maximum absolute atomic E-state index is 12.7. The fraction of sp³-hybridized carbons (Fsp3) is 0.300. The number of rotatable bonds is 4. The first kappa shape index (κ1) is 17.0. The Kier molecular flexibility index (Phi) is 4.86. The van der Waals surface area contributed by atoms with Crippen LogP contribution in [0.5, 0.6) is 0 Å². The molecule has 26 heavy (non-hydrogen) atoms. The SMILES string of the molecule is O=Cc1ccc(C2=CC3COCC(C2)N3C(=O)OCc2ccccc2)s1. The molecule has 2 atom stereocenters. The summed E-state index contributed by atoms with van der Waals surface area (Å²) in [7, 11) is 0. The van der Waals surface area contributed by atoms with Gasteiger partial charge in [-0.2, -0.15) is 0 Å². The van der Waals surface area contributed by atoms with Crippen molar-refractivity contribution in [2.24, 2.45) is 0 Å². The van der Waals surface area contributed by atoms with Gasteiger partial charge >= 0.3 is 6.09 Å². The van der Waals surface area contributed by atoms with Gasteiger partial charge in [-0.15, -0.1) is 11.3 Å². The highest BCUT2D eigenvalue weighted by molar-refractivity contribution is 7.14. The molecule has 2 unspecified atom stereocenters. The predicted octanol–water partition coefficient (Wildman–Crippen LogP) is 3.75. The molecule has 0 spiro atoms. The predicted molar refractivity (Wildman–Crippen MR) is 99.2 cm³/mol. The van der Waals surface area contributed by atoms with Gasteiger partial charge in [-0.05, 0) is 29.7 Å². The van der Waals surface area contributed by atoms with E-state index in [2.05, 4.69) is 6.08 Å². The summed E-state index contributed by atoms with van der Waals surface area (Å²) >= 11 is 1.48. The summed E-state index contributed by atoms with van der Waals surface area (Å²) in [4.78, 5) is 27.2. The van der Waals surface area contributed by atoms with Crippen molar-refractivity contribution in [3.05, 3.63) is 63.9 Å². The van der Waals surface area contributed by atoms with Crippen LogP contribution in [0.2, 0.25) is 0 Å². The Morgan fingerprint density at radius 3 is 2.81 bits per heavy atom. The molecule has 2 bridgehead atoms. The molecule has 4 rings (SSSR count). The summed E-state index contributed by atoms with van der Waals surface area (Å²) < 4.78 is 11.2. The lowest BCUT2D eigenvalue weighted by molar-refractivity contribution is -0.0341. The molecule has 134 valence electrons. The molecule has 3 heterocycles. The van der Waals surface area contributed by atoms with Gasteiger partial charge in [0.1, 0.15) is 6.61 Å². The molecule has 1 saturated heterocycles. The zero-order valence-electron chi connectivity index (χ0n) is 14.2. The van der Waals surface area contributed by atoms with Gasteiger partial charge in [0.2, 0.25) is 0 Å². The second-order valence-electron chi connectivity index (χ2n) is 6.42. The van der Waals surface area contributed by atoms with Gasteiger partial charge < -0.3 is 9.47 Å². The Balaban J connectivity index is 1.49. The molecule has 0 aliphatic carbocycles. The number of morpholine rings is 1. The largest absolute Gasteiger partial charge is 0.445 e. The number of thiophene rings is 1. The van der Waals surface area contributed by atoms with Crippen molar-refractivity contribution >= 4 is 29.3 Å². The number of fused-ring (bicyclic) bond motifs is 2. The summed E-state index contributed by atoms with van der Waals surface area (Å²) in [6.07, 6.45) is 3.34. The van der Waals surface area contributed by atoms with Crippen LogP contribution < -0.4 is 0 Å². The molecular weight excluding hydrogens is 350 g/mol. The standard InChI is InChI=1S/C20H19NO4S/c22-10-18-6-7-19(26-18)15-8-16-12-24-13-17(9-15)21(16)20(23)25-11-14-4-2-1-3-5-14/h1-8,10,16-17H,9,11-13H2. The average molecular weight is 369 g/mol. The van der Waals surface area contributed by atoms with Gasteiger partial charge in [-0.3, -0.25) is 9.69 Å². The van der Waals surface area contributed by atoms with Gasteiger partial charge in [0.15, 0.2) is 6.29 Å². The van der Waals surface area contributed by atoms with Crippen molar-refractivity contribution < 1.29 is 19.1 Å². The number of benzene rings is 1. The first-order valence-electron chi connectivity index (χ1n) is 8.57. The molecule has 1 amide bonds. The van der Waals surface area contributed by atoms with E-state index in [4.69, 9.17) is 9.47 Å². The maximum atomic E-state index is 12.7. The first-order chi connectivity index (χ1) is 12.7. The highest BCUT2D eigenvalue weighted by Crippen LogP contribution is 2.35. The number of amides is 1. The summed E-state index contributed by atoms with van der Waals surface area (Å²) in [5, 5.41) is 0. The molecule has 5 nitrogen and oxygen atoms in total. The third kappa shape index (κ3) is 3.43. The van der Waals surface area contributed by atoms with E-state index in [1.165, 1.54) is 16.9 Å². The molecule has 1 aromatic heterocycles. The quantitative estimate of drug-likeness (QED) is 0.770. The van der Waals surface area contributed by atoms with E-state index >= 15 is 0 Å². The third-order valence-electron chi connectivity index (χ3n) is 4.67. The summed E-state index contributed by atoms with van der Waals surface area (Å²) in [6.45, 7) is 1.23. The van der Waals surface area contributed by atoms with Crippen molar-refractivity contribution in [2.75, 3.05) is 13.2 Å². The van der Waals surface area contributed by atoms with Crippen molar-refractivity contribution in [2.45, 2.75) is 25.1 Å². The van der Waals surface area contributed by atoms with Crippen LogP contribution in [0.25, 0.3) is 5.57 Å². The number of ether oxygens (including phenoxy) is 2. The van der Waals surface area contributed by atoms with Crippen LogP contribution in [0.4, 0.5) is 4.79 Å². The number of carbonyl (C=O) groups excluding carboxylic acids is 2. The molecule has 2 aromatic rings. The van der Waals surface area contributed by atoms with Crippen LogP contribution in [0, 0.1) is 0 Å². The van der Waals surface area contributed by atoms with Gasteiger partial charge in [-0.1, -0.05) is 36.4 Å². The van der Waals surface area contributed by atoms with Gasteiger partial charge in [0, 0.05) is 4.88 Å². The lowest BCUT2D eigenvalue weighted by Gasteiger charge is -2.43. The number of carbonyl (C=O) groups is 2. The van der Waals surface area contributed by atoms with Crippen molar-refractivity contribution in [1.29, 1.82) is 0 Å². The fourth-order valence-electron chi connectivity index (χ4n) is 3.45. The summed E-state index contributed by atoms with van der Waals surface area (Å²) in [5.41, 5.74) is 2.14. The smallest absolute Gasteiger partial charge is 0.411 e. The van der Waals surface area contributed by atoms with Crippen LogP contribution in [0.15, 0.2) is 48.5 Å². The minimum Gasteiger partial charge on any atom is -0.445 e. The molecule has 6 heteroatoms. The Hall–Kier alpha value is -2.44. The topological polar surface area (TPSA) is 55.8 Å². The zero-order chi connectivity index (χ0) is 17.9. The molecule has 2 aliphatic rings. The van der Waals surface area contributed by atoms with E-state index in [9.17, 15) is 9.59 Å². The van der Waals surface area contributed by atoms with Crippen LogP contribution in [0.1, 0.15) is 26.5 Å². The highest BCUT2D eigenvalue weighted by Gasteiger charge is 2.39. The molecule has 0 saturated carbocycles.